The molecule has 0 atom stereocenters. The van der Waals surface area contributed by atoms with Crippen LogP contribution in [0.25, 0.3) is 0 Å². The highest BCUT2D eigenvalue weighted by atomic mass is 79.9. The molecule has 92 valence electrons. The summed E-state index contributed by atoms with van der Waals surface area (Å²) in [4.78, 5) is 3.77. The Morgan fingerprint density at radius 3 is 2.75 bits per heavy atom. The van der Waals surface area contributed by atoms with Crippen molar-refractivity contribution in [1.82, 2.24) is 10.2 Å². The van der Waals surface area contributed by atoms with Crippen LogP contribution in [0.5, 0.6) is 0 Å². The lowest BCUT2D eigenvalue weighted by molar-refractivity contribution is 0.324. The van der Waals surface area contributed by atoms with Gasteiger partial charge in [-0.05, 0) is 47.6 Å². The van der Waals surface area contributed by atoms with Crippen LogP contribution in [0.15, 0.2) is 15.9 Å². The first-order valence-corrected chi connectivity index (χ1v) is 7.32. The van der Waals surface area contributed by atoms with Crippen molar-refractivity contribution in [3.63, 3.8) is 0 Å². The summed E-state index contributed by atoms with van der Waals surface area (Å²) < 4.78 is 1.22. The molecule has 2 nitrogen and oxygen atoms in total. The van der Waals surface area contributed by atoms with Crippen LogP contribution in [-0.2, 0) is 6.54 Å². The van der Waals surface area contributed by atoms with Gasteiger partial charge in [0.1, 0.15) is 0 Å². The summed E-state index contributed by atoms with van der Waals surface area (Å²) in [6.45, 7) is 8.79. The minimum Gasteiger partial charge on any atom is -0.315 e. The first-order valence-electron chi connectivity index (χ1n) is 5.71. The molecule has 1 rings (SSSR count). The third kappa shape index (κ3) is 5.99. The Bertz CT molecular complexity index is 299. The molecule has 0 unspecified atom stereocenters. The van der Waals surface area contributed by atoms with Gasteiger partial charge in [0.15, 0.2) is 0 Å². The van der Waals surface area contributed by atoms with Crippen molar-refractivity contribution in [3.8, 4) is 0 Å². The molecule has 0 fully saturated rings. The summed E-state index contributed by atoms with van der Waals surface area (Å²) in [6, 6.07) is 4.30. The lowest BCUT2D eigenvalue weighted by atomic mass is 10.2. The van der Waals surface area contributed by atoms with Gasteiger partial charge in [0.05, 0.1) is 3.79 Å². The zero-order valence-corrected chi connectivity index (χ0v) is 12.7. The second-order valence-corrected chi connectivity index (χ2v) is 7.09. The first-order chi connectivity index (χ1) is 7.58. The summed E-state index contributed by atoms with van der Waals surface area (Å²) in [5, 5.41) is 3.46. The molecule has 0 radical (unpaired) electrons. The summed E-state index contributed by atoms with van der Waals surface area (Å²) in [6.07, 6.45) is 0. The van der Waals surface area contributed by atoms with Crippen LogP contribution in [0.1, 0.15) is 18.7 Å². The molecule has 0 bridgehead atoms. The van der Waals surface area contributed by atoms with Crippen molar-refractivity contribution in [2.24, 2.45) is 5.92 Å². The second kappa shape index (κ2) is 7.43. The Kier molecular flexibility index (Phi) is 6.58. The average molecular weight is 305 g/mol. The van der Waals surface area contributed by atoms with Gasteiger partial charge in [-0.15, -0.1) is 11.3 Å². The lowest BCUT2D eigenvalue weighted by Gasteiger charge is -2.16. The Morgan fingerprint density at radius 2 is 2.19 bits per heavy atom. The maximum Gasteiger partial charge on any atom is 0.0701 e. The smallest absolute Gasteiger partial charge is 0.0701 e. The fourth-order valence-electron chi connectivity index (χ4n) is 1.44. The molecule has 0 aliphatic heterocycles. The third-order valence-electron chi connectivity index (χ3n) is 2.28. The minimum atomic E-state index is 0.735. The molecule has 0 aliphatic rings. The summed E-state index contributed by atoms with van der Waals surface area (Å²) in [7, 11) is 2.17. The largest absolute Gasteiger partial charge is 0.315 e. The van der Waals surface area contributed by atoms with Gasteiger partial charge in [-0.25, -0.2) is 0 Å². The highest BCUT2D eigenvalue weighted by Gasteiger charge is 2.02. The molecule has 4 heteroatoms. The Balaban J connectivity index is 2.13. The highest BCUT2D eigenvalue weighted by molar-refractivity contribution is 9.11. The molecule has 0 spiro atoms. The maximum absolute atomic E-state index is 3.49. The van der Waals surface area contributed by atoms with Gasteiger partial charge in [0, 0.05) is 24.5 Å². The molecule has 1 N–H and O–H groups in total. The maximum atomic E-state index is 3.49. The Morgan fingerprint density at radius 1 is 1.44 bits per heavy atom. The molecule has 1 heterocycles. The second-order valence-electron chi connectivity index (χ2n) is 4.54. The van der Waals surface area contributed by atoms with Gasteiger partial charge in [-0.1, -0.05) is 13.8 Å². The van der Waals surface area contributed by atoms with Gasteiger partial charge in [0.2, 0.25) is 0 Å². The standard InChI is InChI=1S/C12H21BrN2S/c1-10(2)8-14-6-7-15(3)9-11-4-5-12(13)16-11/h4-5,10,14H,6-9H2,1-3H3. The molecule has 0 aliphatic carbocycles. The van der Waals surface area contributed by atoms with Crippen LogP contribution in [0.3, 0.4) is 0 Å². The van der Waals surface area contributed by atoms with Crippen molar-refractivity contribution in [2.75, 3.05) is 26.7 Å². The van der Waals surface area contributed by atoms with Crippen LogP contribution in [0.2, 0.25) is 0 Å². The third-order valence-corrected chi connectivity index (χ3v) is 3.89. The fraction of sp³-hybridized carbons (Fsp3) is 0.667. The van der Waals surface area contributed by atoms with E-state index < -0.39 is 0 Å². The molecule has 0 amide bonds. The van der Waals surface area contributed by atoms with E-state index in [1.54, 1.807) is 0 Å². The van der Waals surface area contributed by atoms with E-state index >= 15 is 0 Å². The zero-order valence-electron chi connectivity index (χ0n) is 10.3. The van der Waals surface area contributed by atoms with Crippen molar-refractivity contribution >= 4 is 27.3 Å². The van der Waals surface area contributed by atoms with Crippen molar-refractivity contribution < 1.29 is 0 Å². The molecule has 1 aromatic heterocycles. The average Bonchev–Trinajstić information content (AvgIpc) is 2.58. The molecular formula is C12H21BrN2S. The Hall–Kier alpha value is 0.1000. The van der Waals surface area contributed by atoms with Crippen LogP contribution < -0.4 is 5.32 Å². The predicted octanol–water partition coefficient (Wildman–Crippen LogP) is 3.19. The lowest BCUT2D eigenvalue weighted by Crippen LogP contribution is -2.30. The number of hydrogen-bond acceptors (Lipinski definition) is 3. The van der Waals surface area contributed by atoms with Crippen LogP contribution >= 0.6 is 27.3 Å². The van der Waals surface area contributed by atoms with E-state index in [1.165, 1.54) is 8.66 Å². The van der Waals surface area contributed by atoms with E-state index in [0.29, 0.717) is 0 Å². The molecule has 0 saturated carbocycles. The van der Waals surface area contributed by atoms with E-state index in [-0.39, 0.29) is 0 Å². The molecule has 1 aromatic rings. The van der Waals surface area contributed by atoms with Gasteiger partial charge >= 0.3 is 0 Å². The summed E-state index contributed by atoms with van der Waals surface area (Å²) in [5.74, 6) is 0.735. The number of halogens is 1. The highest BCUT2D eigenvalue weighted by Crippen LogP contribution is 2.22. The molecule has 16 heavy (non-hydrogen) atoms. The number of nitrogens with zero attached hydrogens (tertiary/aromatic N) is 1. The molecule has 0 saturated heterocycles. The minimum absolute atomic E-state index is 0.735. The van der Waals surface area contributed by atoms with E-state index in [1.807, 2.05) is 11.3 Å². The number of thiophene rings is 1. The van der Waals surface area contributed by atoms with Crippen LogP contribution in [0.4, 0.5) is 0 Å². The Labute approximate surface area is 111 Å². The van der Waals surface area contributed by atoms with Crippen molar-refractivity contribution in [3.05, 3.63) is 20.8 Å². The quantitative estimate of drug-likeness (QED) is 0.778. The SMILES string of the molecule is CC(C)CNCCN(C)Cc1ccc(Br)s1. The fourth-order valence-corrected chi connectivity index (χ4v) is 3.01. The number of rotatable bonds is 7. The molecular weight excluding hydrogens is 284 g/mol. The number of nitrogens with one attached hydrogen (secondary N) is 1. The monoisotopic (exact) mass is 304 g/mol. The first kappa shape index (κ1) is 14.2. The number of hydrogen-bond donors (Lipinski definition) is 1. The predicted molar refractivity (Wildman–Crippen MR) is 76.1 cm³/mol. The molecule has 0 aromatic carbocycles. The summed E-state index contributed by atoms with van der Waals surface area (Å²) in [5.41, 5.74) is 0. The van der Waals surface area contributed by atoms with Gasteiger partial charge < -0.3 is 10.2 Å². The zero-order chi connectivity index (χ0) is 12.0. The van der Waals surface area contributed by atoms with E-state index in [9.17, 15) is 0 Å². The van der Waals surface area contributed by atoms with Gasteiger partial charge in [-0.2, -0.15) is 0 Å². The van der Waals surface area contributed by atoms with Crippen LogP contribution in [0, 0.1) is 5.92 Å². The summed E-state index contributed by atoms with van der Waals surface area (Å²) >= 11 is 5.30. The van der Waals surface area contributed by atoms with Crippen molar-refractivity contribution in [1.29, 1.82) is 0 Å². The van der Waals surface area contributed by atoms with Gasteiger partial charge in [0.25, 0.3) is 0 Å². The number of likely N-dealkylation sites (N-methyl/N-ethyl adjacent to an activating group) is 1. The van der Waals surface area contributed by atoms with E-state index in [2.05, 4.69) is 59.2 Å². The van der Waals surface area contributed by atoms with E-state index in [4.69, 9.17) is 0 Å². The van der Waals surface area contributed by atoms with E-state index in [0.717, 1.165) is 32.1 Å². The normalized spacial score (nSPS) is 11.6. The van der Waals surface area contributed by atoms with Crippen molar-refractivity contribution in [2.45, 2.75) is 20.4 Å². The topological polar surface area (TPSA) is 15.3 Å². The van der Waals surface area contributed by atoms with Crippen LogP contribution in [-0.4, -0.2) is 31.6 Å². The van der Waals surface area contributed by atoms with Gasteiger partial charge in [-0.3, -0.25) is 0 Å².